The highest BCUT2D eigenvalue weighted by atomic mass is 32.2. The van der Waals surface area contributed by atoms with Gasteiger partial charge in [-0.25, -0.2) is 9.59 Å². The number of hydrogen-bond acceptors (Lipinski definition) is 6. The lowest BCUT2D eigenvalue weighted by Gasteiger charge is -2.35. The third-order valence-electron chi connectivity index (χ3n) is 6.55. The van der Waals surface area contributed by atoms with Gasteiger partial charge in [0, 0.05) is 0 Å². The number of carbonyl (C=O) groups is 2. The molecule has 0 heterocycles. The molecule has 1 N–H and O–H groups in total. The van der Waals surface area contributed by atoms with Crippen molar-refractivity contribution in [3.63, 3.8) is 0 Å². The highest BCUT2D eigenvalue weighted by Gasteiger charge is 2.76. The van der Waals surface area contributed by atoms with Crippen molar-refractivity contribution in [1.82, 2.24) is 0 Å². The maximum absolute atomic E-state index is 13.5. The summed E-state index contributed by atoms with van der Waals surface area (Å²) in [6.07, 6.45) is -10.9. The molecule has 0 saturated heterocycles. The molecule has 7 nitrogen and oxygen atoms in total. The fourth-order valence-electron chi connectivity index (χ4n) is 4.28. The minimum Gasteiger partial charge on any atom is -0.435 e. The molecular weight excluding hydrogens is 591 g/mol. The van der Waals surface area contributed by atoms with E-state index >= 15 is 0 Å². The van der Waals surface area contributed by atoms with Crippen LogP contribution in [0.25, 0.3) is 10.8 Å². The highest BCUT2D eigenvalue weighted by Crippen LogP contribution is 2.47. The number of hydrogen-bond donors (Lipinski definition) is 1. The molecule has 222 valence electrons. The number of halogens is 6. The molecule has 0 atom stereocenters. The Kier molecular flexibility index (Phi) is 9.47. The predicted molar refractivity (Wildman–Crippen MR) is 149 cm³/mol. The van der Waals surface area contributed by atoms with Gasteiger partial charge in [-0.15, -0.1) is 0 Å². The smallest absolute Gasteiger partial charge is 0.435 e. The maximum Gasteiger partial charge on any atom is 0.438 e. The molecule has 0 amide bonds. The Morgan fingerprint density at radius 1 is 0.738 bits per heavy atom. The predicted octanol–water partition coefficient (Wildman–Crippen LogP) is 2.37. The van der Waals surface area contributed by atoms with Crippen LogP contribution in [0.4, 0.5) is 26.3 Å². The third kappa shape index (κ3) is 6.94. The van der Waals surface area contributed by atoms with Gasteiger partial charge in [0.05, 0.1) is 11.1 Å². The van der Waals surface area contributed by atoms with Gasteiger partial charge in [-0.3, -0.25) is 4.55 Å². The van der Waals surface area contributed by atoms with Gasteiger partial charge >= 0.3 is 29.9 Å². The van der Waals surface area contributed by atoms with Gasteiger partial charge in [0.15, 0.2) is 0 Å². The van der Waals surface area contributed by atoms with E-state index in [1.54, 1.807) is 0 Å². The van der Waals surface area contributed by atoms with E-state index in [1.165, 1.54) is 18.2 Å². The molecule has 0 bridgehead atoms. The highest BCUT2D eigenvalue weighted by molar-refractivity contribution is 7.85. The Morgan fingerprint density at radius 2 is 1.19 bits per heavy atom. The molecule has 3 aromatic carbocycles. The van der Waals surface area contributed by atoms with Gasteiger partial charge in [0.2, 0.25) is 0 Å². The molecule has 0 aliphatic carbocycles. The monoisotopic (exact) mass is 614 g/mol. The molecule has 0 unspecified atom stereocenters. The lowest BCUT2D eigenvalue weighted by molar-refractivity contribution is -0.356. The molecule has 0 fully saturated rings. The topological polar surface area (TPSA) is 107 Å². The summed E-state index contributed by atoms with van der Waals surface area (Å²) < 4.78 is 122. The second-order valence-electron chi connectivity index (χ2n) is 9.41. The second-order valence-corrected chi connectivity index (χ2v) is 10.9. The number of rotatable bonds is 9. The zero-order valence-corrected chi connectivity index (χ0v) is 23.3. The van der Waals surface area contributed by atoms with Crippen LogP contribution in [-0.2, 0) is 33.8 Å². The Morgan fingerprint density at radius 3 is 1.57 bits per heavy atom. The van der Waals surface area contributed by atoms with Crippen LogP contribution in [0.15, 0.2) is 48.5 Å². The number of ether oxygens (including phenoxy) is 2. The Bertz CT molecular complexity index is 1590. The van der Waals surface area contributed by atoms with E-state index in [0.29, 0.717) is 18.4 Å². The van der Waals surface area contributed by atoms with Gasteiger partial charge in [0.1, 0.15) is 35.0 Å². The van der Waals surface area contributed by atoms with Crippen LogP contribution in [0.3, 0.4) is 0 Å². The van der Waals surface area contributed by atoms with Crippen LogP contribution >= 0.6 is 0 Å². The summed E-state index contributed by atoms with van der Waals surface area (Å²) in [5, 5.41) is 0.417. The van der Waals surface area contributed by atoms with Gasteiger partial charge in [-0.2, -0.15) is 34.8 Å². The van der Waals surface area contributed by atoms with Crippen molar-refractivity contribution in [3.05, 3.63) is 76.3 Å². The van der Waals surface area contributed by atoms with Crippen molar-refractivity contribution in [1.29, 1.82) is 0 Å². The van der Waals surface area contributed by atoms with Crippen LogP contribution in [-0.4, -0.2) is 72.2 Å². The third-order valence-corrected chi connectivity index (χ3v) is 7.32. The normalized spacial score (nSPS) is 12.7. The largest absolute Gasteiger partial charge is 0.438 e. The Balaban J connectivity index is 1.94. The van der Waals surface area contributed by atoms with E-state index in [9.17, 15) is 44.3 Å². The number of benzene rings is 3. The molecule has 0 saturated carbocycles. The van der Waals surface area contributed by atoms with Crippen LogP contribution in [0.5, 0.6) is 5.75 Å². The average molecular weight is 614 g/mol. The van der Waals surface area contributed by atoms with E-state index in [2.05, 4.69) is 4.74 Å². The fraction of sp³-hybridized carbons (Fsp3) is 0.280. The molecule has 0 aromatic heterocycles. The zero-order valence-electron chi connectivity index (χ0n) is 22.5. The van der Waals surface area contributed by atoms with Crippen LogP contribution in [0, 0.1) is 0 Å². The molecule has 3 rings (SSSR count). The average Bonchev–Trinajstić information content (AvgIpc) is 2.89. The summed E-state index contributed by atoms with van der Waals surface area (Å²) in [5.74, 6) is -5.41. The van der Waals surface area contributed by atoms with E-state index in [-0.39, 0.29) is 16.3 Å². The summed E-state index contributed by atoms with van der Waals surface area (Å²) in [6.45, 7) is 0. The Hall–Kier alpha value is -3.46. The molecule has 0 radical (unpaired) electrons. The molecule has 0 aliphatic heterocycles. The maximum atomic E-state index is 13.5. The second kappa shape index (κ2) is 12.0. The van der Waals surface area contributed by atoms with Crippen molar-refractivity contribution in [3.8, 4) is 5.75 Å². The lowest BCUT2D eigenvalue weighted by Crippen LogP contribution is -2.63. The summed E-state index contributed by atoms with van der Waals surface area (Å²) in [7, 11) is -0.0832. The molecule has 3 aromatic rings. The van der Waals surface area contributed by atoms with Gasteiger partial charge in [-0.1, -0.05) is 48.8 Å². The summed E-state index contributed by atoms with van der Waals surface area (Å²) in [5.41, 5.74) is -3.45. The lowest BCUT2D eigenvalue weighted by atomic mass is 9.85. The number of fused-ring (bicyclic) bond motifs is 1. The van der Waals surface area contributed by atoms with Crippen molar-refractivity contribution in [2.75, 3.05) is 5.75 Å². The van der Waals surface area contributed by atoms with Crippen LogP contribution in [0.2, 0.25) is 0 Å². The van der Waals surface area contributed by atoms with Gasteiger partial charge in [-0.05, 0) is 46.2 Å². The van der Waals surface area contributed by atoms with Gasteiger partial charge < -0.3 is 9.47 Å². The summed E-state index contributed by atoms with van der Waals surface area (Å²) in [6, 6.07) is 10.8. The number of carbonyl (C=O) groups excluding carboxylic acids is 2. The van der Waals surface area contributed by atoms with Crippen molar-refractivity contribution >= 4 is 56.4 Å². The zero-order chi connectivity index (χ0) is 31.7. The first kappa shape index (κ1) is 33.1. The SMILES string of the molecule is BCc1cc(CB)c(OC(=O)c2ccc3cc(C(=O)OC(CS(=O)(=O)O)(C(F)(F)F)C(F)(F)F)ccc3c2)c(CB)c1. The van der Waals surface area contributed by atoms with Crippen molar-refractivity contribution in [2.45, 2.75) is 36.9 Å². The van der Waals surface area contributed by atoms with E-state index in [0.717, 1.165) is 41.2 Å². The van der Waals surface area contributed by atoms with E-state index < -0.39 is 51.3 Å². The molecule has 17 heteroatoms. The standard InChI is InChI=1S/C25H23B3F6O7S/c26-9-13-5-18(10-27)20(19(6-13)11-28)40-21(35)16-3-1-15-8-17(4-2-14(15)7-16)22(36)41-23(24(29,30)31,25(32,33)34)12-42(37,38)39/h1-8H,9-12,26-28H2,(H,37,38,39). The molecule has 42 heavy (non-hydrogen) atoms. The molecule has 0 spiro atoms. The number of alkyl halides is 6. The van der Waals surface area contributed by atoms with Crippen LogP contribution < -0.4 is 4.74 Å². The Labute approximate surface area is 239 Å². The molecule has 0 aliphatic rings. The van der Waals surface area contributed by atoms with E-state index in [1.807, 2.05) is 35.7 Å². The first-order chi connectivity index (χ1) is 19.4. The number of esters is 2. The van der Waals surface area contributed by atoms with Gasteiger partial charge in [0.25, 0.3) is 10.1 Å². The quantitative estimate of drug-likeness (QED) is 0.130. The minimum atomic E-state index is -6.45. The fourth-order valence-corrected chi connectivity index (χ4v) is 5.18. The van der Waals surface area contributed by atoms with Crippen molar-refractivity contribution in [2.24, 2.45) is 0 Å². The summed E-state index contributed by atoms with van der Waals surface area (Å²) >= 11 is 0. The van der Waals surface area contributed by atoms with E-state index in [4.69, 9.17) is 9.29 Å². The first-order valence-corrected chi connectivity index (χ1v) is 14.2. The summed E-state index contributed by atoms with van der Waals surface area (Å²) in [4.78, 5) is 25.5. The van der Waals surface area contributed by atoms with Crippen LogP contribution in [0.1, 0.15) is 37.4 Å². The first-order valence-electron chi connectivity index (χ1n) is 12.6. The minimum absolute atomic E-state index is 0.0859. The molecular formula is C25H23B3F6O7S. The van der Waals surface area contributed by atoms with Crippen molar-refractivity contribution < 1.29 is 58.4 Å².